The van der Waals surface area contributed by atoms with Gasteiger partial charge >= 0.3 is 0 Å². The molecule has 110 valence electrons. The summed E-state index contributed by atoms with van der Waals surface area (Å²) >= 11 is 5.72. The minimum Gasteiger partial charge on any atom is -0.328 e. The van der Waals surface area contributed by atoms with Crippen LogP contribution in [-0.2, 0) is 4.79 Å². The van der Waals surface area contributed by atoms with Crippen LogP contribution in [0.2, 0.25) is 5.02 Å². The molecule has 3 N–H and O–H groups in total. The molecule has 1 heterocycles. The summed E-state index contributed by atoms with van der Waals surface area (Å²) < 4.78 is 26.4. The van der Waals surface area contributed by atoms with Gasteiger partial charge in [0.05, 0.1) is 17.3 Å². The van der Waals surface area contributed by atoms with Crippen molar-refractivity contribution in [2.45, 2.75) is 18.9 Å². The van der Waals surface area contributed by atoms with E-state index in [0.717, 1.165) is 32.0 Å². The fourth-order valence-electron chi connectivity index (χ4n) is 2.15. The molecule has 1 aromatic carbocycles. The number of nitrogens with one attached hydrogen (secondary N) is 1. The van der Waals surface area contributed by atoms with Gasteiger partial charge in [0.1, 0.15) is 5.82 Å². The maximum atomic E-state index is 13.5. The number of carbonyl (C=O) groups is 1. The van der Waals surface area contributed by atoms with Crippen molar-refractivity contribution < 1.29 is 13.6 Å². The normalized spacial score (nSPS) is 17.2. The molecule has 20 heavy (non-hydrogen) atoms. The molecule has 0 saturated carbocycles. The molecular weight excluding hydrogens is 288 g/mol. The van der Waals surface area contributed by atoms with Crippen molar-refractivity contribution in [2.75, 3.05) is 25.0 Å². The Hall–Kier alpha value is -1.24. The zero-order valence-corrected chi connectivity index (χ0v) is 11.6. The third-order valence-electron chi connectivity index (χ3n) is 3.27. The van der Waals surface area contributed by atoms with Crippen molar-refractivity contribution in [3.63, 3.8) is 0 Å². The first kappa shape index (κ1) is 15.2. The molecule has 1 fully saturated rings. The number of halogens is 3. The second-order valence-electron chi connectivity index (χ2n) is 4.91. The van der Waals surface area contributed by atoms with Gasteiger partial charge in [0.2, 0.25) is 5.91 Å². The summed E-state index contributed by atoms with van der Waals surface area (Å²) in [6, 6.07) is 1.82. The van der Waals surface area contributed by atoms with Gasteiger partial charge in [-0.15, -0.1) is 0 Å². The van der Waals surface area contributed by atoms with Crippen molar-refractivity contribution in [1.29, 1.82) is 0 Å². The number of rotatable bonds is 3. The number of benzene rings is 1. The Labute approximate surface area is 120 Å². The Morgan fingerprint density at radius 3 is 2.65 bits per heavy atom. The lowest BCUT2D eigenvalue weighted by molar-refractivity contribution is -0.117. The van der Waals surface area contributed by atoms with Crippen molar-refractivity contribution in [3.05, 3.63) is 28.8 Å². The highest BCUT2D eigenvalue weighted by molar-refractivity contribution is 6.33. The number of carbonyl (C=O) groups excluding carboxylic acids is 1. The van der Waals surface area contributed by atoms with Crippen LogP contribution in [0.25, 0.3) is 0 Å². The van der Waals surface area contributed by atoms with E-state index in [-0.39, 0.29) is 29.2 Å². The van der Waals surface area contributed by atoms with Crippen LogP contribution in [0.15, 0.2) is 12.1 Å². The molecule has 2 rings (SSSR count). The van der Waals surface area contributed by atoms with E-state index < -0.39 is 11.6 Å². The van der Waals surface area contributed by atoms with E-state index in [1.54, 1.807) is 0 Å². The van der Waals surface area contributed by atoms with Crippen LogP contribution in [0.1, 0.15) is 12.8 Å². The first-order valence-corrected chi connectivity index (χ1v) is 6.76. The van der Waals surface area contributed by atoms with E-state index in [1.165, 1.54) is 0 Å². The summed E-state index contributed by atoms with van der Waals surface area (Å²) in [5.74, 6) is -2.05. The van der Waals surface area contributed by atoms with Gasteiger partial charge in [-0.1, -0.05) is 11.6 Å². The van der Waals surface area contributed by atoms with Gasteiger partial charge in [-0.25, -0.2) is 8.78 Å². The third-order valence-corrected chi connectivity index (χ3v) is 3.57. The molecule has 1 amide bonds. The number of anilines is 1. The van der Waals surface area contributed by atoms with Gasteiger partial charge in [0.25, 0.3) is 0 Å². The summed E-state index contributed by atoms with van der Waals surface area (Å²) in [5, 5.41) is 2.22. The zero-order chi connectivity index (χ0) is 14.7. The van der Waals surface area contributed by atoms with E-state index in [1.807, 2.05) is 4.90 Å². The van der Waals surface area contributed by atoms with Gasteiger partial charge < -0.3 is 11.1 Å². The van der Waals surface area contributed by atoms with E-state index in [4.69, 9.17) is 17.3 Å². The van der Waals surface area contributed by atoms with Crippen LogP contribution in [0, 0.1) is 11.6 Å². The molecule has 0 radical (unpaired) electrons. The molecule has 0 aliphatic carbocycles. The Morgan fingerprint density at radius 1 is 1.40 bits per heavy atom. The number of nitrogens with two attached hydrogens (primary N) is 1. The smallest absolute Gasteiger partial charge is 0.238 e. The van der Waals surface area contributed by atoms with E-state index in [9.17, 15) is 13.6 Å². The fraction of sp³-hybridized carbons (Fsp3) is 0.462. The monoisotopic (exact) mass is 303 g/mol. The van der Waals surface area contributed by atoms with Gasteiger partial charge in [0, 0.05) is 25.2 Å². The quantitative estimate of drug-likeness (QED) is 0.898. The largest absolute Gasteiger partial charge is 0.328 e. The molecular formula is C13H16ClF2N3O. The Kier molecular flexibility index (Phi) is 4.91. The zero-order valence-electron chi connectivity index (χ0n) is 10.8. The first-order chi connectivity index (χ1) is 9.45. The minimum absolute atomic E-state index is 0.139. The van der Waals surface area contributed by atoms with Gasteiger partial charge in [0.15, 0.2) is 5.82 Å². The minimum atomic E-state index is -0.885. The highest BCUT2D eigenvalue weighted by atomic mass is 35.5. The summed E-state index contributed by atoms with van der Waals surface area (Å²) in [7, 11) is 0. The van der Waals surface area contributed by atoms with Crippen LogP contribution >= 0.6 is 11.6 Å². The Morgan fingerprint density at radius 2 is 2.05 bits per heavy atom. The summed E-state index contributed by atoms with van der Waals surface area (Å²) in [6.07, 6.45) is 1.66. The Bertz CT molecular complexity index is 481. The van der Waals surface area contributed by atoms with E-state index in [0.29, 0.717) is 6.07 Å². The number of hydrogen-bond donors (Lipinski definition) is 2. The summed E-state index contributed by atoms with van der Waals surface area (Å²) in [4.78, 5) is 13.8. The molecule has 1 aromatic rings. The predicted molar refractivity (Wildman–Crippen MR) is 73.6 cm³/mol. The number of amides is 1. The van der Waals surface area contributed by atoms with E-state index in [2.05, 4.69) is 5.32 Å². The lowest BCUT2D eigenvalue weighted by atomic mass is 10.1. The average Bonchev–Trinajstić information content (AvgIpc) is 2.36. The standard InChI is InChI=1S/C13H16ClF2N3O/c14-10-5-8(15)6-11(16)13(10)18-12(20)7-19-3-1-9(17)2-4-19/h5-6,9H,1-4,7,17H2,(H,18,20). The fourth-order valence-corrected chi connectivity index (χ4v) is 2.40. The number of piperidine rings is 1. The third kappa shape index (κ3) is 3.88. The van der Waals surface area contributed by atoms with Crippen LogP contribution in [0.5, 0.6) is 0 Å². The number of likely N-dealkylation sites (tertiary alicyclic amines) is 1. The number of nitrogens with zero attached hydrogens (tertiary/aromatic N) is 1. The van der Waals surface area contributed by atoms with Crippen molar-refractivity contribution >= 4 is 23.2 Å². The molecule has 0 spiro atoms. The molecule has 7 heteroatoms. The molecule has 0 atom stereocenters. The molecule has 1 aliphatic rings. The van der Waals surface area contributed by atoms with Crippen molar-refractivity contribution in [1.82, 2.24) is 4.90 Å². The molecule has 1 aliphatic heterocycles. The lowest BCUT2D eigenvalue weighted by Crippen LogP contribution is -2.43. The average molecular weight is 304 g/mol. The van der Waals surface area contributed by atoms with Crippen LogP contribution < -0.4 is 11.1 Å². The highest BCUT2D eigenvalue weighted by Crippen LogP contribution is 2.26. The van der Waals surface area contributed by atoms with Crippen molar-refractivity contribution in [2.24, 2.45) is 5.73 Å². The van der Waals surface area contributed by atoms with Crippen molar-refractivity contribution in [3.8, 4) is 0 Å². The first-order valence-electron chi connectivity index (χ1n) is 6.38. The van der Waals surface area contributed by atoms with Gasteiger partial charge in [-0.2, -0.15) is 0 Å². The maximum Gasteiger partial charge on any atom is 0.238 e. The Balaban J connectivity index is 1.95. The van der Waals surface area contributed by atoms with Crippen LogP contribution in [-0.4, -0.2) is 36.5 Å². The second kappa shape index (κ2) is 6.47. The van der Waals surface area contributed by atoms with Crippen LogP contribution in [0.4, 0.5) is 14.5 Å². The SMILES string of the molecule is NC1CCN(CC(=O)Nc2c(F)cc(F)cc2Cl)CC1. The lowest BCUT2D eigenvalue weighted by Gasteiger charge is -2.29. The molecule has 0 unspecified atom stereocenters. The molecule has 0 aromatic heterocycles. The van der Waals surface area contributed by atoms with E-state index >= 15 is 0 Å². The highest BCUT2D eigenvalue weighted by Gasteiger charge is 2.19. The molecule has 4 nitrogen and oxygen atoms in total. The van der Waals surface area contributed by atoms with Crippen LogP contribution in [0.3, 0.4) is 0 Å². The van der Waals surface area contributed by atoms with Gasteiger partial charge in [-0.05, 0) is 18.9 Å². The molecule has 0 bridgehead atoms. The predicted octanol–water partition coefficient (Wildman–Crippen LogP) is 1.98. The topological polar surface area (TPSA) is 58.4 Å². The summed E-state index contributed by atoms with van der Waals surface area (Å²) in [5.41, 5.74) is 5.59. The number of hydrogen-bond acceptors (Lipinski definition) is 3. The second-order valence-corrected chi connectivity index (χ2v) is 5.31. The van der Waals surface area contributed by atoms with Gasteiger partial charge in [-0.3, -0.25) is 9.69 Å². The molecule has 1 saturated heterocycles. The maximum absolute atomic E-state index is 13.5. The summed E-state index contributed by atoms with van der Waals surface area (Å²) in [6.45, 7) is 1.60.